The van der Waals surface area contributed by atoms with Crippen LogP contribution < -0.4 is 0 Å². The van der Waals surface area contributed by atoms with E-state index < -0.39 is 0 Å². The van der Waals surface area contributed by atoms with Gasteiger partial charge in [-0.25, -0.2) is 0 Å². The maximum atomic E-state index is 10.8. The van der Waals surface area contributed by atoms with Crippen molar-refractivity contribution >= 4 is 0 Å². The molecule has 3 heteroatoms. The SMILES string of the molecule is CCCCCCCCCCCCCCC[C@@H](O)C1COC(C)(C)N1C(C)(C)C. The number of nitrogens with zero attached hydrogens (tertiary/aromatic N) is 1. The molecule has 1 unspecified atom stereocenters. The van der Waals surface area contributed by atoms with Crippen LogP contribution in [-0.2, 0) is 4.74 Å². The molecule has 0 spiro atoms. The lowest BCUT2D eigenvalue weighted by Gasteiger charge is -2.44. The molecule has 1 saturated heterocycles. The minimum atomic E-state index is -0.292. The van der Waals surface area contributed by atoms with Gasteiger partial charge in [0.15, 0.2) is 0 Å². The van der Waals surface area contributed by atoms with Gasteiger partial charge in [-0.05, 0) is 41.0 Å². The Bertz CT molecular complexity index is 388. The van der Waals surface area contributed by atoms with Crippen LogP contribution in [0.4, 0.5) is 0 Å². The van der Waals surface area contributed by atoms with Crippen LogP contribution in [0.1, 0.15) is 131 Å². The van der Waals surface area contributed by atoms with E-state index in [0.717, 1.165) is 12.8 Å². The predicted molar refractivity (Wildman–Crippen MR) is 122 cm³/mol. The molecule has 1 aliphatic rings. The molecule has 0 aromatic rings. The van der Waals surface area contributed by atoms with Gasteiger partial charge in [-0.15, -0.1) is 0 Å². The fourth-order valence-corrected chi connectivity index (χ4v) is 4.98. The normalized spacial score (nSPS) is 21.3. The first kappa shape index (κ1) is 25.9. The van der Waals surface area contributed by atoms with Crippen molar-refractivity contribution in [3.63, 3.8) is 0 Å². The summed E-state index contributed by atoms with van der Waals surface area (Å²) in [4.78, 5) is 2.37. The Balaban J connectivity index is 2.06. The minimum Gasteiger partial charge on any atom is -0.391 e. The van der Waals surface area contributed by atoms with Crippen molar-refractivity contribution in [2.24, 2.45) is 0 Å². The first-order valence-corrected chi connectivity index (χ1v) is 12.3. The number of hydrogen-bond donors (Lipinski definition) is 1. The molecule has 1 aliphatic heterocycles. The highest BCUT2D eigenvalue weighted by atomic mass is 16.5. The zero-order valence-corrected chi connectivity index (χ0v) is 20.1. The molecule has 3 nitrogen and oxygen atoms in total. The Labute approximate surface area is 176 Å². The first-order chi connectivity index (χ1) is 13.2. The summed E-state index contributed by atoms with van der Waals surface area (Å²) in [7, 11) is 0. The minimum absolute atomic E-state index is 0.00163. The molecule has 1 heterocycles. The second-order valence-corrected chi connectivity index (χ2v) is 10.5. The summed E-state index contributed by atoms with van der Waals surface area (Å²) in [6, 6.07) is 0.118. The average molecular weight is 398 g/mol. The Morgan fingerprint density at radius 3 is 1.71 bits per heavy atom. The Morgan fingerprint density at radius 1 is 0.857 bits per heavy atom. The fourth-order valence-electron chi connectivity index (χ4n) is 4.98. The van der Waals surface area contributed by atoms with Gasteiger partial charge in [0, 0.05) is 5.54 Å². The summed E-state index contributed by atoms with van der Waals surface area (Å²) >= 11 is 0. The fraction of sp³-hybridized carbons (Fsp3) is 1.00. The summed E-state index contributed by atoms with van der Waals surface area (Å²) in [6.45, 7) is 13.8. The van der Waals surface area contributed by atoms with Crippen LogP contribution >= 0.6 is 0 Å². The third-order valence-corrected chi connectivity index (χ3v) is 6.29. The van der Waals surface area contributed by atoms with Crippen LogP contribution in [0, 0.1) is 0 Å². The van der Waals surface area contributed by atoms with E-state index in [4.69, 9.17) is 4.74 Å². The molecule has 2 atom stereocenters. The van der Waals surface area contributed by atoms with Gasteiger partial charge >= 0.3 is 0 Å². The lowest BCUT2D eigenvalue weighted by atomic mass is 9.95. The van der Waals surface area contributed by atoms with Crippen molar-refractivity contribution in [2.45, 2.75) is 155 Å². The molecule has 168 valence electrons. The van der Waals surface area contributed by atoms with E-state index in [9.17, 15) is 5.11 Å². The largest absolute Gasteiger partial charge is 0.391 e. The third-order valence-electron chi connectivity index (χ3n) is 6.29. The molecule has 0 aliphatic carbocycles. The quantitative estimate of drug-likeness (QED) is 0.300. The van der Waals surface area contributed by atoms with Crippen molar-refractivity contribution < 1.29 is 9.84 Å². The van der Waals surface area contributed by atoms with Crippen molar-refractivity contribution in [2.75, 3.05) is 6.61 Å². The summed E-state index contributed by atoms with van der Waals surface area (Å²) in [5.41, 5.74) is -0.290. The van der Waals surface area contributed by atoms with E-state index in [1.807, 2.05) is 0 Å². The van der Waals surface area contributed by atoms with E-state index in [1.54, 1.807) is 0 Å². The summed E-state index contributed by atoms with van der Waals surface area (Å²) in [5, 5.41) is 10.8. The van der Waals surface area contributed by atoms with Gasteiger partial charge in [0.2, 0.25) is 0 Å². The van der Waals surface area contributed by atoms with E-state index in [1.165, 1.54) is 77.0 Å². The third kappa shape index (κ3) is 9.59. The van der Waals surface area contributed by atoms with Gasteiger partial charge in [0.1, 0.15) is 5.72 Å². The molecule has 0 bridgehead atoms. The summed E-state index contributed by atoms with van der Waals surface area (Å²) in [6.07, 6.45) is 18.4. The maximum absolute atomic E-state index is 10.8. The number of hydrogen-bond acceptors (Lipinski definition) is 3. The number of rotatable bonds is 15. The lowest BCUT2D eigenvalue weighted by Crippen LogP contribution is -2.57. The topological polar surface area (TPSA) is 32.7 Å². The van der Waals surface area contributed by atoms with E-state index in [0.29, 0.717) is 6.61 Å². The highest BCUT2D eigenvalue weighted by Gasteiger charge is 2.48. The van der Waals surface area contributed by atoms with E-state index in [-0.39, 0.29) is 23.4 Å². The van der Waals surface area contributed by atoms with Crippen molar-refractivity contribution in [3.8, 4) is 0 Å². The summed E-state index contributed by atoms with van der Waals surface area (Å²) in [5.74, 6) is 0. The Kier molecular flexibility index (Phi) is 12.3. The molecule has 1 fully saturated rings. The van der Waals surface area contributed by atoms with Gasteiger partial charge in [0.25, 0.3) is 0 Å². The van der Waals surface area contributed by atoms with Crippen LogP contribution in [-0.4, -0.2) is 40.0 Å². The molecule has 0 aromatic carbocycles. The summed E-state index contributed by atoms with van der Waals surface area (Å²) < 4.78 is 6.00. The number of aliphatic hydroxyl groups excluding tert-OH is 1. The Morgan fingerprint density at radius 2 is 1.29 bits per heavy atom. The van der Waals surface area contributed by atoms with Gasteiger partial charge in [-0.2, -0.15) is 0 Å². The van der Waals surface area contributed by atoms with Gasteiger partial charge in [0.05, 0.1) is 18.8 Å². The second-order valence-electron chi connectivity index (χ2n) is 10.5. The van der Waals surface area contributed by atoms with Crippen LogP contribution in [0.15, 0.2) is 0 Å². The zero-order chi connectivity index (χ0) is 21.0. The molecule has 0 saturated carbocycles. The van der Waals surface area contributed by atoms with Crippen molar-refractivity contribution in [1.82, 2.24) is 4.90 Å². The molecule has 0 radical (unpaired) electrons. The van der Waals surface area contributed by atoms with Gasteiger partial charge in [-0.3, -0.25) is 4.90 Å². The molecule has 1 rings (SSSR count). The molecule has 1 N–H and O–H groups in total. The van der Waals surface area contributed by atoms with E-state index in [2.05, 4.69) is 46.4 Å². The number of aliphatic hydroxyl groups is 1. The van der Waals surface area contributed by atoms with Gasteiger partial charge in [-0.1, -0.05) is 90.4 Å². The second kappa shape index (κ2) is 13.2. The van der Waals surface area contributed by atoms with Crippen molar-refractivity contribution in [3.05, 3.63) is 0 Å². The van der Waals surface area contributed by atoms with Gasteiger partial charge < -0.3 is 9.84 Å². The van der Waals surface area contributed by atoms with Crippen LogP contribution in [0.5, 0.6) is 0 Å². The smallest absolute Gasteiger partial charge is 0.116 e. The monoisotopic (exact) mass is 397 g/mol. The molecular formula is C25H51NO2. The van der Waals surface area contributed by atoms with Crippen LogP contribution in [0.3, 0.4) is 0 Å². The lowest BCUT2D eigenvalue weighted by molar-refractivity contribution is -0.101. The molecular weight excluding hydrogens is 346 g/mol. The Hall–Kier alpha value is -0.120. The zero-order valence-electron chi connectivity index (χ0n) is 20.1. The number of unbranched alkanes of at least 4 members (excludes halogenated alkanes) is 12. The van der Waals surface area contributed by atoms with Crippen LogP contribution in [0.25, 0.3) is 0 Å². The highest BCUT2D eigenvalue weighted by molar-refractivity contribution is 4.97. The predicted octanol–water partition coefficient (Wildman–Crippen LogP) is 7.06. The highest BCUT2D eigenvalue weighted by Crippen LogP contribution is 2.36. The van der Waals surface area contributed by atoms with Crippen LogP contribution in [0.2, 0.25) is 0 Å². The first-order valence-electron chi connectivity index (χ1n) is 12.3. The molecule has 0 amide bonds. The standard InChI is InChI=1S/C25H51NO2/c1-7-8-9-10-11-12-13-14-15-16-17-18-19-20-23(27)22-21-28-25(5,6)26(22)24(2,3)4/h22-23,27H,7-21H2,1-6H3/t22?,23-/m1/s1. The van der Waals surface area contributed by atoms with Crippen molar-refractivity contribution in [1.29, 1.82) is 0 Å². The maximum Gasteiger partial charge on any atom is 0.116 e. The average Bonchev–Trinajstić information content (AvgIpc) is 2.94. The molecule has 28 heavy (non-hydrogen) atoms. The van der Waals surface area contributed by atoms with E-state index >= 15 is 0 Å². The molecule has 0 aromatic heterocycles. The number of ether oxygens (including phenoxy) is 1.